The summed E-state index contributed by atoms with van der Waals surface area (Å²) in [6, 6.07) is 12.8. The van der Waals surface area contributed by atoms with E-state index in [9.17, 15) is 9.59 Å². The number of carbonyl (C=O) groups excluding carboxylic acids is 1. The van der Waals surface area contributed by atoms with Crippen LogP contribution in [0.4, 0.5) is 17.1 Å². The molecule has 0 fully saturated rings. The summed E-state index contributed by atoms with van der Waals surface area (Å²) in [5, 5.41) is 23.4. The maximum atomic E-state index is 12.1. The van der Waals surface area contributed by atoms with Crippen molar-refractivity contribution in [3.8, 4) is 6.07 Å². The van der Waals surface area contributed by atoms with Crippen molar-refractivity contribution in [1.29, 1.82) is 5.26 Å². The second-order valence-electron chi connectivity index (χ2n) is 5.24. The monoisotopic (exact) mass is 336 g/mol. The summed E-state index contributed by atoms with van der Waals surface area (Å²) in [5.41, 5.74) is 8.22. The van der Waals surface area contributed by atoms with Crippen molar-refractivity contribution in [2.45, 2.75) is 6.92 Å². The van der Waals surface area contributed by atoms with Gasteiger partial charge in [0.05, 0.1) is 16.9 Å². The SMILES string of the molecule is Cc1ccc(N)c(N/C=C(/C#N)C(=O)Nc2ccc(C(=O)O)cc2)c1. The zero-order valence-electron chi connectivity index (χ0n) is 13.4. The predicted molar refractivity (Wildman–Crippen MR) is 94.9 cm³/mol. The van der Waals surface area contributed by atoms with Gasteiger partial charge in [-0.15, -0.1) is 0 Å². The van der Waals surface area contributed by atoms with Gasteiger partial charge in [-0.2, -0.15) is 5.26 Å². The average molecular weight is 336 g/mol. The van der Waals surface area contributed by atoms with Crippen LogP contribution in [0.5, 0.6) is 0 Å². The normalized spacial score (nSPS) is 10.6. The molecule has 2 aromatic carbocycles. The lowest BCUT2D eigenvalue weighted by Crippen LogP contribution is -2.14. The third-order valence-electron chi connectivity index (χ3n) is 3.34. The molecule has 0 saturated heterocycles. The van der Waals surface area contributed by atoms with E-state index in [1.807, 2.05) is 19.1 Å². The number of carbonyl (C=O) groups is 2. The van der Waals surface area contributed by atoms with Crippen LogP contribution in [0.3, 0.4) is 0 Å². The number of hydrogen-bond acceptors (Lipinski definition) is 5. The minimum Gasteiger partial charge on any atom is -0.478 e. The summed E-state index contributed by atoms with van der Waals surface area (Å²) in [7, 11) is 0. The Balaban J connectivity index is 2.11. The highest BCUT2D eigenvalue weighted by atomic mass is 16.4. The molecule has 0 aromatic heterocycles. The number of aromatic carboxylic acids is 1. The second-order valence-corrected chi connectivity index (χ2v) is 5.24. The molecule has 0 spiro atoms. The van der Waals surface area contributed by atoms with Crippen LogP contribution < -0.4 is 16.4 Å². The van der Waals surface area contributed by atoms with Crippen LogP contribution in [0.2, 0.25) is 0 Å². The molecular weight excluding hydrogens is 320 g/mol. The van der Waals surface area contributed by atoms with Crippen LogP contribution in [0.15, 0.2) is 54.2 Å². The van der Waals surface area contributed by atoms with Gasteiger partial charge in [0.25, 0.3) is 5.91 Å². The number of anilines is 3. The van der Waals surface area contributed by atoms with E-state index in [0.29, 0.717) is 17.1 Å². The zero-order chi connectivity index (χ0) is 18.4. The molecule has 5 N–H and O–H groups in total. The summed E-state index contributed by atoms with van der Waals surface area (Å²) in [4.78, 5) is 22.9. The molecule has 0 saturated carbocycles. The van der Waals surface area contributed by atoms with E-state index in [-0.39, 0.29) is 11.1 Å². The van der Waals surface area contributed by atoms with Crippen molar-refractivity contribution in [3.05, 3.63) is 65.4 Å². The van der Waals surface area contributed by atoms with Crippen molar-refractivity contribution in [3.63, 3.8) is 0 Å². The fraction of sp³-hybridized carbons (Fsp3) is 0.0556. The summed E-state index contributed by atoms with van der Waals surface area (Å²) in [6.45, 7) is 1.90. The van der Waals surface area contributed by atoms with E-state index in [0.717, 1.165) is 5.56 Å². The Bertz CT molecular complexity index is 880. The van der Waals surface area contributed by atoms with Gasteiger partial charge < -0.3 is 21.5 Å². The molecular formula is C18H16N4O3. The van der Waals surface area contributed by atoms with Gasteiger partial charge in [0, 0.05) is 11.9 Å². The Kier molecular flexibility index (Phi) is 5.38. The molecule has 2 rings (SSSR count). The number of nitrogens with one attached hydrogen (secondary N) is 2. The summed E-state index contributed by atoms with van der Waals surface area (Å²) in [6.07, 6.45) is 1.27. The Hall–Kier alpha value is -3.79. The molecule has 7 nitrogen and oxygen atoms in total. The minimum atomic E-state index is -1.06. The molecule has 0 bridgehead atoms. The third-order valence-corrected chi connectivity index (χ3v) is 3.34. The van der Waals surface area contributed by atoms with Crippen molar-refractivity contribution < 1.29 is 14.7 Å². The quantitative estimate of drug-likeness (QED) is 0.377. The number of benzene rings is 2. The van der Waals surface area contributed by atoms with Crippen LogP contribution in [-0.4, -0.2) is 17.0 Å². The molecule has 0 aliphatic carbocycles. The number of nitriles is 1. The number of rotatable bonds is 5. The highest BCUT2D eigenvalue weighted by Crippen LogP contribution is 2.20. The first-order valence-corrected chi connectivity index (χ1v) is 7.28. The number of hydrogen-bond donors (Lipinski definition) is 4. The number of carboxylic acid groups (broad SMARTS) is 1. The number of amides is 1. The highest BCUT2D eigenvalue weighted by Gasteiger charge is 2.10. The smallest absolute Gasteiger partial charge is 0.335 e. The van der Waals surface area contributed by atoms with Gasteiger partial charge in [0.1, 0.15) is 11.6 Å². The van der Waals surface area contributed by atoms with Gasteiger partial charge in [0.15, 0.2) is 0 Å². The van der Waals surface area contributed by atoms with E-state index in [4.69, 9.17) is 16.1 Å². The molecule has 0 aliphatic heterocycles. The first-order chi connectivity index (χ1) is 11.9. The molecule has 25 heavy (non-hydrogen) atoms. The first-order valence-electron chi connectivity index (χ1n) is 7.28. The Morgan fingerprint density at radius 2 is 1.88 bits per heavy atom. The van der Waals surface area contributed by atoms with E-state index >= 15 is 0 Å². The number of aryl methyl sites for hydroxylation is 1. The second kappa shape index (κ2) is 7.66. The van der Waals surface area contributed by atoms with Gasteiger partial charge in [0.2, 0.25) is 0 Å². The topological polar surface area (TPSA) is 128 Å². The van der Waals surface area contributed by atoms with Gasteiger partial charge in [-0.1, -0.05) is 6.07 Å². The average Bonchev–Trinajstić information content (AvgIpc) is 2.58. The zero-order valence-corrected chi connectivity index (χ0v) is 13.4. The molecule has 2 aromatic rings. The minimum absolute atomic E-state index is 0.102. The van der Waals surface area contributed by atoms with Crippen LogP contribution in [0.1, 0.15) is 15.9 Å². The van der Waals surface area contributed by atoms with Gasteiger partial charge in [-0.3, -0.25) is 4.79 Å². The molecule has 0 unspecified atom stereocenters. The third kappa shape index (κ3) is 4.59. The number of nitrogen functional groups attached to an aromatic ring is 1. The number of nitrogens with two attached hydrogens (primary N) is 1. The largest absolute Gasteiger partial charge is 0.478 e. The Labute approximate surface area is 144 Å². The maximum absolute atomic E-state index is 12.1. The van der Waals surface area contributed by atoms with Crippen LogP contribution in [-0.2, 0) is 4.79 Å². The van der Waals surface area contributed by atoms with E-state index in [1.165, 1.54) is 30.5 Å². The van der Waals surface area contributed by atoms with E-state index in [2.05, 4.69) is 10.6 Å². The van der Waals surface area contributed by atoms with Gasteiger partial charge in [-0.25, -0.2) is 4.79 Å². The van der Waals surface area contributed by atoms with Crippen LogP contribution in [0, 0.1) is 18.3 Å². The van der Waals surface area contributed by atoms with Crippen molar-refractivity contribution >= 4 is 28.9 Å². The molecule has 0 aliphatic rings. The fourth-order valence-electron chi connectivity index (χ4n) is 1.99. The molecule has 126 valence electrons. The highest BCUT2D eigenvalue weighted by molar-refractivity contribution is 6.07. The van der Waals surface area contributed by atoms with Crippen molar-refractivity contribution in [2.24, 2.45) is 0 Å². The van der Waals surface area contributed by atoms with E-state index in [1.54, 1.807) is 12.1 Å². The van der Waals surface area contributed by atoms with Crippen molar-refractivity contribution in [1.82, 2.24) is 0 Å². The van der Waals surface area contributed by atoms with Crippen molar-refractivity contribution in [2.75, 3.05) is 16.4 Å². The summed E-state index contributed by atoms with van der Waals surface area (Å²) < 4.78 is 0. The van der Waals surface area contributed by atoms with E-state index < -0.39 is 11.9 Å². The summed E-state index contributed by atoms with van der Waals surface area (Å²) in [5.74, 6) is -1.68. The lowest BCUT2D eigenvalue weighted by atomic mass is 10.2. The standard InChI is InChI=1S/C18H16N4O3/c1-11-2-7-15(20)16(8-11)21-10-13(9-19)17(23)22-14-5-3-12(4-6-14)18(24)25/h2-8,10,21H,20H2,1H3,(H,22,23)(H,24,25)/b13-10-. The molecule has 0 heterocycles. The van der Waals surface area contributed by atoms with Gasteiger partial charge in [-0.05, 0) is 48.9 Å². The number of nitrogens with zero attached hydrogens (tertiary/aromatic N) is 1. The molecule has 7 heteroatoms. The Morgan fingerprint density at radius 1 is 1.20 bits per heavy atom. The van der Waals surface area contributed by atoms with Crippen LogP contribution >= 0.6 is 0 Å². The number of carboxylic acids is 1. The van der Waals surface area contributed by atoms with Gasteiger partial charge >= 0.3 is 5.97 Å². The molecule has 1 amide bonds. The lowest BCUT2D eigenvalue weighted by molar-refractivity contribution is -0.112. The van der Waals surface area contributed by atoms with Crippen LogP contribution in [0.25, 0.3) is 0 Å². The maximum Gasteiger partial charge on any atom is 0.335 e. The lowest BCUT2D eigenvalue weighted by Gasteiger charge is -2.08. The summed E-state index contributed by atoms with van der Waals surface area (Å²) >= 11 is 0. The first kappa shape index (κ1) is 17.6. The fourth-order valence-corrected chi connectivity index (χ4v) is 1.99. The predicted octanol–water partition coefficient (Wildman–Crippen LogP) is 2.73. The molecule has 0 radical (unpaired) electrons. The molecule has 0 atom stereocenters. The Morgan fingerprint density at radius 3 is 2.48 bits per heavy atom.